The lowest BCUT2D eigenvalue weighted by molar-refractivity contribution is 0.0706. The fraction of sp³-hybridized carbons (Fsp3) is 0.357. The van der Waals surface area contributed by atoms with Crippen LogP contribution in [-0.2, 0) is 6.54 Å². The van der Waals surface area contributed by atoms with Gasteiger partial charge in [-0.3, -0.25) is 9.59 Å². The molecule has 2 amide bonds. The molecule has 2 aromatic heterocycles. The van der Waals surface area contributed by atoms with Crippen LogP contribution in [-0.4, -0.2) is 34.8 Å². The SMILES string of the molecule is CCNC(=O)c1coc(CN(CC)C(=O)c2ccco2)n1. The second-order valence-corrected chi connectivity index (χ2v) is 4.28. The number of furan rings is 1. The molecule has 0 radical (unpaired) electrons. The van der Waals surface area contributed by atoms with Crippen LogP contribution < -0.4 is 5.32 Å². The maximum absolute atomic E-state index is 12.2. The van der Waals surface area contributed by atoms with Gasteiger partial charge in [0.2, 0.25) is 5.89 Å². The lowest BCUT2D eigenvalue weighted by Gasteiger charge is -2.17. The van der Waals surface area contributed by atoms with Gasteiger partial charge in [0.05, 0.1) is 12.8 Å². The van der Waals surface area contributed by atoms with E-state index < -0.39 is 0 Å². The predicted octanol–water partition coefficient (Wildman–Crippen LogP) is 1.68. The van der Waals surface area contributed by atoms with Crippen LogP contribution in [0.2, 0.25) is 0 Å². The van der Waals surface area contributed by atoms with E-state index in [1.165, 1.54) is 17.4 Å². The molecule has 0 saturated carbocycles. The summed E-state index contributed by atoms with van der Waals surface area (Å²) in [4.78, 5) is 29.4. The normalized spacial score (nSPS) is 10.4. The molecule has 21 heavy (non-hydrogen) atoms. The summed E-state index contributed by atoms with van der Waals surface area (Å²) in [5.41, 5.74) is 0.202. The Labute approximate surface area is 121 Å². The van der Waals surface area contributed by atoms with Crippen molar-refractivity contribution in [1.29, 1.82) is 0 Å². The zero-order valence-corrected chi connectivity index (χ0v) is 12.0. The first-order valence-corrected chi connectivity index (χ1v) is 6.71. The summed E-state index contributed by atoms with van der Waals surface area (Å²) in [7, 11) is 0. The fourth-order valence-corrected chi connectivity index (χ4v) is 1.79. The maximum atomic E-state index is 12.2. The lowest BCUT2D eigenvalue weighted by Crippen LogP contribution is -2.30. The van der Waals surface area contributed by atoms with Crippen LogP contribution in [0.4, 0.5) is 0 Å². The van der Waals surface area contributed by atoms with Crippen molar-refractivity contribution in [3.63, 3.8) is 0 Å². The molecule has 0 atom stereocenters. The van der Waals surface area contributed by atoms with Crippen molar-refractivity contribution in [3.8, 4) is 0 Å². The van der Waals surface area contributed by atoms with E-state index in [0.29, 0.717) is 19.0 Å². The van der Waals surface area contributed by atoms with Gasteiger partial charge in [-0.1, -0.05) is 0 Å². The summed E-state index contributed by atoms with van der Waals surface area (Å²) >= 11 is 0. The van der Waals surface area contributed by atoms with Gasteiger partial charge in [-0.25, -0.2) is 4.98 Å². The van der Waals surface area contributed by atoms with Gasteiger partial charge >= 0.3 is 0 Å². The Bertz CT molecular complexity index is 604. The largest absolute Gasteiger partial charge is 0.459 e. The highest BCUT2D eigenvalue weighted by molar-refractivity contribution is 5.92. The molecular weight excluding hydrogens is 274 g/mol. The Hall–Kier alpha value is -2.57. The number of rotatable bonds is 6. The Morgan fingerprint density at radius 2 is 2.14 bits per heavy atom. The van der Waals surface area contributed by atoms with E-state index in [1.54, 1.807) is 12.1 Å². The van der Waals surface area contributed by atoms with Crippen LogP contribution in [0.3, 0.4) is 0 Å². The molecule has 1 N–H and O–H groups in total. The number of aromatic nitrogens is 1. The molecule has 0 saturated heterocycles. The van der Waals surface area contributed by atoms with E-state index >= 15 is 0 Å². The molecule has 2 aromatic rings. The van der Waals surface area contributed by atoms with Crippen LogP contribution in [0, 0.1) is 0 Å². The van der Waals surface area contributed by atoms with Gasteiger partial charge in [-0.15, -0.1) is 0 Å². The zero-order valence-electron chi connectivity index (χ0n) is 12.0. The Morgan fingerprint density at radius 3 is 2.76 bits per heavy atom. The van der Waals surface area contributed by atoms with Crippen molar-refractivity contribution in [3.05, 3.63) is 42.0 Å². The highest BCUT2D eigenvalue weighted by Crippen LogP contribution is 2.10. The number of oxazole rings is 1. The van der Waals surface area contributed by atoms with E-state index in [9.17, 15) is 9.59 Å². The fourth-order valence-electron chi connectivity index (χ4n) is 1.79. The van der Waals surface area contributed by atoms with E-state index in [-0.39, 0.29) is 29.8 Å². The molecule has 0 aromatic carbocycles. The first kappa shape index (κ1) is 14.8. The Morgan fingerprint density at radius 1 is 1.33 bits per heavy atom. The predicted molar refractivity (Wildman–Crippen MR) is 73.6 cm³/mol. The van der Waals surface area contributed by atoms with Crippen molar-refractivity contribution in [2.24, 2.45) is 0 Å². The number of carbonyl (C=O) groups is 2. The van der Waals surface area contributed by atoms with Gasteiger partial charge in [-0.05, 0) is 26.0 Å². The number of nitrogens with one attached hydrogen (secondary N) is 1. The summed E-state index contributed by atoms with van der Waals surface area (Å²) in [5, 5.41) is 2.63. The number of hydrogen-bond acceptors (Lipinski definition) is 5. The van der Waals surface area contributed by atoms with Crippen LogP contribution in [0.15, 0.2) is 33.5 Å². The summed E-state index contributed by atoms with van der Waals surface area (Å²) in [6.07, 6.45) is 2.73. The third kappa shape index (κ3) is 3.50. The number of carbonyl (C=O) groups excluding carboxylic acids is 2. The number of hydrogen-bond donors (Lipinski definition) is 1. The topological polar surface area (TPSA) is 88.6 Å². The average Bonchev–Trinajstić information content (AvgIpc) is 3.15. The lowest BCUT2D eigenvalue weighted by atomic mass is 10.3. The van der Waals surface area contributed by atoms with Crippen LogP contribution >= 0.6 is 0 Å². The Kier molecular flexibility index (Phi) is 4.76. The van der Waals surface area contributed by atoms with E-state index in [0.717, 1.165) is 0 Å². The quantitative estimate of drug-likeness (QED) is 0.874. The minimum Gasteiger partial charge on any atom is -0.459 e. The van der Waals surface area contributed by atoms with Crippen molar-refractivity contribution in [1.82, 2.24) is 15.2 Å². The third-order valence-corrected chi connectivity index (χ3v) is 2.85. The third-order valence-electron chi connectivity index (χ3n) is 2.85. The molecule has 0 aliphatic carbocycles. The summed E-state index contributed by atoms with van der Waals surface area (Å²) < 4.78 is 10.3. The molecule has 0 bridgehead atoms. The molecule has 2 rings (SSSR count). The van der Waals surface area contributed by atoms with Crippen molar-refractivity contribution in [2.75, 3.05) is 13.1 Å². The summed E-state index contributed by atoms with van der Waals surface area (Å²) in [5.74, 6) is 0.0125. The Balaban J connectivity index is 2.05. The highest BCUT2D eigenvalue weighted by Gasteiger charge is 2.20. The molecule has 2 heterocycles. The smallest absolute Gasteiger partial charge is 0.290 e. The number of nitrogens with zero attached hydrogens (tertiary/aromatic N) is 2. The second-order valence-electron chi connectivity index (χ2n) is 4.28. The first-order valence-electron chi connectivity index (χ1n) is 6.71. The zero-order chi connectivity index (χ0) is 15.2. The average molecular weight is 291 g/mol. The summed E-state index contributed by atoms with van der Waals surface area (Å²) in [6, 6.07) is 3.25. The molecule has 112 valence electrons. The minimum absolute atomic E-state index is 0.176. The molecule has 0 spiro atoms. The monoisotopic (exact) mass is 291 g/mol. The van der Waals surface area contributed by atoms with Crippen LogP contribution in [0.1, 0.15) is 40.8 Å². The molecule has 7 heteroatoms. The molecule has 7 nitrogen and oxygen atoms in total. The van der Waals surface area contributed by atoms with E-state index in [2.05, 4.69) is 10.3 Å². The minimum atomic E-state index is -0.298. The van der Waals surface area contributed by atoms with Crippen LogP contribution in [0.5, 0.6) is 0 Å². The molecule has 0 aliphatic heterocycles. The van der Waals surface area contributed by atoms with Gasteiger partial charge < -0.3 is 19.1 Å². The van der Waals surface area contributed by atoms with Gasteiger partial charge in [0.25, 0.3) is 11.8 Å². The molecular formula is C14H17N3O4. The standard InChI is InChI=1S/C14H17N3O4/c1-3-15-13(18)10-9-21-12(16-10)8-17(4-2)14(19)11-6-5-7-20-11/h5-7,9H,3-4,8H2,1-2H3,(H,15,18). The molecule has 0 fully saturated rings. The number of amides is 2. The second kappa shape index (κ2) is 6.74. The van der Waals surface area contributed by atoms with Gasteiger partial charge in [0, 0.05) is 13.1 Å². The summed E-state index contributed by atoms with van der Waals surface area (Å²) in [6.45, 7) is 4.82. The van der Waals surface area contributed by atoms with Gasteiger partial charge in [-0.2, -0.15) is 0 Å². The van der Waals surface area contributed by atoms with Crippen molar-refractivity contribution < 1.29 is 18.4 Å². The first-order chi connectivity index (χ1) is 10.2. The highest BCUT2D eigenvalue weighted by atomic mass is 16.3. The molecule has 0 aliphatic rings. The van der Waals surface area contributed by atoms with Gasteiger partial charge in [0.1, 0.15) is 6.26 Å². The maximum Gasteiger partial charge on any atom is 0.290 e. The van der Waals surface area contributed by atoms with Gasteiger partial charge in [0.15, 0.2) is 11.5 Å². The van der Waals surface area contributed by atoms with Crippen LogP contribution in [0.25, 0.3) is 0 Å². The van der Waals surface area contributed by atoms with Crippen molar-refractivity contribution in [2.45, 2.75) is 20.4 Å². The molecule has 0 unspecified atom stereocenters. The van der Waals surface area contributed by atoms with Crippen molar-refractivity contribution >= 4 is 11.8 Å². The van der Waals surface area contributed by atoms with E-state index in [1.807, 2.05) is 13.8 Å². The van der Waals surface area contributed by atoms with E-state index in [4.69, 9.17) is 8.83 Å².